The number of benzene rings is 1. The van der Waals surface area contributed by atoms with E-state index in [0.717, 1.165) is 13.1 Å². The van der Waals surface area contributed by atoms with Gasteiger partial charge in [0.1, 0.15) is 11.3 Å². The molecule has 2 atom stereocenters. The van der Waals surface area contributed by atoms with Crippen molar-refractivity contribution in [3.05, 3.63) is 64.5 Å². The summed E-state index contributed by atoms with van der Waals surface area (Å²) in [6.07, 6.45) is -3.10. The van der Waals surface area contributed by atoms with Crippen LogP contribution in [0.3, 0.4) is 0 Å². The molecule has 3 aromatic rings. The Hall–Kier alpha value is -3.60. The van der Waals surface area contributed by atoms with Gasteiger partial charge in [0.15, 0.2) is 17.5 Å². The second-order valence-electron chi connectivity index (χ2n) is 7.41. The zero-order chi connectivity index (χ0) is 25.2. The molecule has 0 aliphatic rings. The lowest BCUT2D eigenvalue weighted by atomic mass is 10.1. The van der Waals surface area contributed by atoms with E-state index in [1.807, 2.05) is 0 Å². The van der Waals surface area contributed by atoms with Gasteiger partial charge in [-0.3, -0.25) is 4.79 Å². The molecule has 1 unspecified atom stereocenters. The van der Waals surface area contributed by atoms with Gasteiger partial charge in [-0.2, -0.15) is 13.2 Å². The number of fused-ring (bicyclic) bond motifs is 1. The van der Waals surface area contributed by atoms with E-state index in [9.17, 15) is 22.8 Å². The number of amides is 1. The highest BCUT2D eigenvalue weighted by Crippen LogP contribution is 2.37. The predicted octanol–water partition coefficient (Wildman–Crippen LogP) is 4.47. The zero-order valence-electron chi connectivity index (χ0n) is 18.2. The Morgan fingerprint density at radius 1 is 1.24 bits per heavy atom. The van der Waals surface area contributed by atoms with Crippen molar-refractivity contribution in [1.29, 1.82) is 0 Å². The second kappa shape index (κ2) is 9.72. The standard InChI is InChI=1S/C22H20ClF3N4O4/c1-10-7-13-16(23)17(11(2)30-20(31)15(9-27)19-28-5-4-6-29-19)34-18(13)14(8-10)21(32)33-12(3)22(24,25)26/h4-9,11-12H,27H2,1-3H3,(H,30,31)/b15-9+/t11?,12-/m1/s1. The molecule has 8 nitrogen and oxygen atoms in total. The van der Waals surface area contributed by atoms with E-state index in [1.54, 1.807) is 26.0 Å². The maximum atomic E-state index is 12.8. The summed E-state index contributed by atoms with van der Waals surface area (Å²) in [6.45, 7) is 3.93. The van der Waals surface area contributed by atoms with Crippen molar-refractivity contribution in [3.63, 3.8) is 0 Å². The van der Waals surface area contributed by atoms with Crippen LogP contribution in [0.25, 0.3) is 16.5 Å². The van der Waals surface area contributed by atoms with E-state index < -0.39 is 30.2 Å². The molecule has 0 spiro atoms. The number of nitrogens with two attached hydrogens (primary N) is 1. The van der Waals surface area contributed by atoms with Gasteiger partial charge in [-0.1, -0.05) is 11.6 Å². The summed E-state index contributed by atoms with van der Waals surface area (Å²) < 4.78 is 48.8. The molecule has 0 bridgehead atoms. The lowest BCUT2D eigenvalue weighted by Crippen LogP contribution is -2.31. The highest BCUT2D eigenvalue weighted by molar-refractivity contribution is 6.36. The molecule has 12 heteroatoms. The highest BCUT2D eigenvalue weighted by Gasteiger charge is 2.40. The van der Waals surface area contributed by atoms with Crippen molar-refractivity contribution in [2.24, 2.45) is 5.73 Å². The molecule has 34 heavy (non-hydrogen) atoms. The summed E-state index contributed by atoms with van der Waals surface area (Å²) in [5.74, 6) is -1.65. The van der Waals surface area contributed by atoms with Gasteiger partial charge in [-0.05, 0) is 44.5 Å². The van der Waals surface area contributed by atoms with Crippen molar-refractivity contribution < 1.29 is 31.9 Å². The molecule has 0 saturated carbocycles. The first-order valence-corrected chi connectivity index (χ1v) is 10.3. The Balaban J connectivity index is 1.93. The minimum absolute atomic E-state index is 0.000864. The molecular weight excluding hydrogens is 477 g/mol. The Bertz CT molecular complexity index is 1260. The van der Waals surface area contributed by atoms with E-state index >= 15 is 0 Å². The summed E-state index contributed by atoms with van der Waals surface area (Å²) in [6, 6.07) is 3.70. The third kappa shape index (κ3) is 5.14. The minimum Gasteiger partial charge on any atom is -0.456 e. The average Bonchev–Trinajstić information content (AvgIpc) is 3.10. The number of halogens is 4. The van der Waals surface area contributed by atoms with Crippen LogP contribution < -0.4 is 11.1 Å². The lowest BCUT2D eigenvalue weighted by Gasteiger charge is -2.16. The fraction of sp³-hybridized carbons (Fsp3) is 0.273. The minimum atomic E-state index is -4.72. The van der Waals surface area contributed by atoms with Gasteiger partial charge in [0.25, 0.3) is 5.91 Å². The number of carbonyl (C=O) groups is 2. The van der Waals surface area contributed by atoms with Gasteiger partial charge in [0.05, 0.1) is 16.6 Å². The van der Waals surface area contributed by atoms with E-state index in [2.05, 4.69) is 20.0 Å². The van der Waals surface area contributed by atoms with Gasteiger partial charge in [0.2, 0.25) is 0 Å². The third-order valence-corrected chi connectivity index (χ3v) is 5.21. The van der Waals surface area contributed by atoms with Gasteiger partial charge in [0, 0.05) is 24.0 Å². The van der Waals surface area contributed by atoms with Crippen LogP contribution in [0.4, 0.5) is 13.2 Å². The van der Waals surface area contributed by atoms with Gasteiger partial charge < -0.3 is 20.2 Å². The van der Waals surface area contributed by atoms with Crippen molar-refractivity contribution in [2.75, 3.05) is 0 Å². The first-order valence-electron chi connectivity index (χ1n) is 9.94. The van der Waals surface area contributed by atoms with Crippen LogP contribution >= 0.6 is 11.6 Å². The van der Waals surface area contributed by atoms with Crippen molar-refractivity contribution >= 4 is 40.0 Å². The van der Waals surface area contributed by atoms with Gasteiger partial charge in [-0.15, -0.1) is 0 Å². The topological polar surface area (TPSA) is 120 Å². The van der Waals surface area contributed by atoms with E-state index in [4.69, 9.17) is 21.8 Å². The number of ether oxygens (including phenoxy) is 1. The summed E-state index contributed by atoms with van der Waals surface area (Å²) in [5, 5.41) is 3.02. The molecule has 3 rings (SSSR count). The fourth-order valence-corrected chi connectivity index (χ4v) is 3.43. The number of hydrogen-bond acceptors (Lipinski definition) is 7. The Morgan fingerprint density at radius 2 is 1.88 bits per heavy atom. The molecule has 1 aromatic carbocycles. The Labute approximate surface area is 196 Å². The normalized spacial score (nSPS) is 14.0. The first-order chi connectivity index (χ1) is 15.9. The van der Waals surface area contributed by atoms with Gasteiger partial charge in [-0.25, -0.2) is 14.8 Å². The average molecular weight is 497 g/mol. The molecule has 0 saturated heterocycles. The molecule has 1 amide bonds. The molecule has 0 aliphatic heterocycles. The molecule has 180 valence electrons. The van der Waals surface area contributed by atoms with Crippen molar-refractivity contribution in [3.8, 4) is 0 Å². The maximum absolute atomic E-state index is 12.8. The van der Waals surface area contributed by atoms with E-state index in [-0.39, 0.29) is 38.7 Å². The van der Waals surface area contributed by atoms with Crippen LogP contribution in [0.1, 0.15) is 47.4 Å². The molecule has 2 aromatic heterocycles. The zero-order valence-corrected chi connectivity index (χ0v) is 19.0. The number of esters is 1. The molecule has 0 radical (unpaired) electrons. The number of hydrogen-bond donors (Lipinski definition) is 2. The summed E-state index contributed by atoms with van der Waals surface area (Å²) in [7, 11) is 0. The van der Waals surface area contributed by atoms with Crippen LogP contribution in [0.5, 0.6) is 0 Å². The monoisotopic (exact) mass is 496 g/mol. The predicted molar refractivity (Wildman–Crippen MR) is 118 cm³/mol. The van der Waals surface area contributed by atoms with Crippen LogP contribution in [0, 0.1) is 6.92 Å². The third-order valence-electron chi connectivity index (χ3n) is 4.82. The smallest absolute Gasteiger partial charge is 0.425 e. The van der Waals surface area contributed by atoms with Crippen LogP contribution in [-0.4, -0.2) is 34.1 Å². The molecule has 0 aliphatic carbocycles. The number of nitrogens with one attached hydrogen (secondary N) is 1. The first kappa shape index (κ1) is 25.0. The number of carbonyl (C=O) groups excluding carboxylic acids is 2. The largest absolute Gasteiger partial charge is 0.456 e. The number of furan rings is 1. The molecule has 2 heterocycles. The van der Waals surface area contributed by atoms with Crippen molar-refractivity contribution in [1.82, 2.24) is 15.3 Å². The maximum Gasteiger partial charge on any atom is 0.425 e. The van der Waals surface area contributed by atoms with E-state index in [1.165, 1.54) is 18.5 Å². The van der Waals surface area contributed by atoms with Gasteiger partial charge >= 0.3 is 12.1 Å². The van der Waals surface area contributed by atoms with Crippen molar-refractivity contribution in [2.45, 2.75) is 39.1 Å². The SMILES string of the molecule is Cc1cc(C(=O)O[C@H](C)C(F)(F)F)c2oc(C(C)NC(=O)/C(=C/N)c3ncccn3)c(Cl)c2c1. The summed E-state index contributed by atoms with van der Waals surface area (Å²) in [4.78, 5) is 33.2. The molecule has 3 N–H and O–H groups in total. The number of nitrogens with zero attached hydrogens (tertiary/aromatic N) is 2. The fourth-order valence-electron chi connectivity index (χ4n) is 3.08. The summed E-state index contributed by atoms with van der Waals surface area (Å²) >= 11 is 6.45. The Morgan fingerprint density at radius 3 is 2.47 bits per heavy atom. The molecule has 0 fully saturated rings. The lowest BCUT2D eigenvalue weighted by molar-refractivity contribution is -0.198. The quantitative estimate of drug-likeness (QED) is 0.381. The number of rotatable bonds is 6. The number of aromatic nitrogens is 2. The highest BCUT2D eigenvalue weighted by atomic mass is 35.5. The Kier molecular flexibility index (Phi) is 7.15. The number of alkyl halides is 3. The molecular formula is C22H20ClF3N4O4. The van der Waals surface area contributed by atoms with Crippen LogP contribution in [-0.2, 0) is 9.53 Å². The second-order valence-corrected chi connectivity index (χ2v) is 7.78. The van der Waals surface area contributed by atoms with E-state index in [0.29, 0.717) is 5.56 Å². The van der Waals surface area contributed by atoms with Crippen LogP contribution in [0.15, 0.2) is 41.2 Å². The van der Waals surface area contributed by atoms with Crippen LogP contribution in [0.2, 0.25) is 5.02 Å². The summed E-state index contributed by atoms with van der Waals surface area (Å²) in [5.41, 5.74) is 5.82. The number of aryl methyl sites for hydroxylation is 1.